The largest absolute Gasteiger partial charge is 0.491 e. The van der Waals surface area contributed by atoms with Crippen LogP contribution in [-0.4, -0.2) is 24.4 Å². The molecule has 3 nitrogen and oxygen atoms in total. The van der Waals surface area contributed by atoms with Crippen LogP contribution in [0.5, 0.6) is 11.5 Å². The maximum Gasteiger partial charge on any atom is 0.119 e. The molecule has 0 aromatic heterocycles. The Morgan fingerprint density at radius 2 is 1.43 bits per heavy atom. The van der Waals surface area contributed by atoms with Crippen molar-refractivity contribution in [1.82, 2.24) is 0 Å². The van der Waals surface area contributed by atoms with Gasteiger partial charge in [0.2, 0.25) is 0 Å². The van der Waals surface area contributed by atoms with E-state index in [-0.39, 0.29) is 5.41 Å². The standard InChI is InChI=1S/C25H34O3/c1-6-19(7-2)17-27-23-13-9-20(10-14-23)25(4,5)21-11-15-24(16-12-21)28-18-22(26)8-3/h6,9-16,22,26H,7-8,17-18H2,1-5H3/b19-6+. The van der Waals surface area contributed by atoms with Gasteiger partial charge in [-0.2, -0.15) is 0 Å². The Morgan fingerprint density at radius 1 is 0.929 bits per heavy atom. The molecule has 0 radical (unpaired) electrons. The monoisotopic (exact) mass is 382 g/mol. The van der Waals surface area contributed by atoms with Gasteiger partial charge < -0.3 is 14.6 Å². The number of allylic oxidation sites excluding steroid dienone is 1. The first-order chi connectivity index (χ1) is 13.4. The summed E-state index contributed by atoms with van der Waals surface area (Å²) in [7, 11) is 0. The van der Waals surface area contributed by atoms with Crippen molar-refractivity contribution in [2.24, 2.45) is 0 Å². The Morgan fingerprint density at radius 3 is 1.86 bits per heavy atom. The summed E-state index contributed by atoms with van der Waals surface area (Å²) < 4.78 is 11.5. The first-order valence-electron chi connectivity index (χ1n) is 10.2. The van der Waals surface area contributed by atoms with E-state index in [0.29, 0.717) is 19.6 Å². The van der Waals surface area contributed by atoms with E-state index in [4.69, 9.17) is 9.47 Å². The van der Waals surface area contributed by atoms with E-state index in [0.717, 1.165) is 17.9 Å². The molecule has 0 spiro atoms. The predicted molar refractivity (Wildman–Crippen MR) is 116 cm³/mol. The van der Waals surface area contributed by atoms with Crippen LogP contribution in [0.4, 0.5) is 0 Å². The van der Waals surface area contributed by atoms with E-state index in [9.17, 15) is 5.11 Å². The zero-order valence-electron chi connectivity index (χ0n) is 17.9. The maximum absolute atomic E-state index is 9.63. The summed E-state index contributed by atoms with van der Waals surface area (Å²) in [6.45, 7) is 11.5. The Kier molecular flexibility index (Phi) is 8.13. The van der Waals surface area contributed by atoms with Crippen molar-refractivity contribution < 1.29 is 14.6 Å². The Labute approximate surface area is 170 Å². The molecule has 0 aliphatic heterocycles. The van der Waals surface area contributed by atoms with Gasteiger partial charge in [0.05, 0.1) is 6.10 Å². The van der Waals surface area contributed by atoms with E-state index in [1.807, 2.05) is 31.2 Å². The highest BCUT2D eigenvalue weighted by Crippen LogP contribution is 2.33. The minimum Gasteiger partial charge on any atom is -0.491 e. The van der Waals surface area contributed by atoms with Crippen LogP contribution in [0, 0.1) is 0 Å². The number of aliphatic hydroxyl groups excluding tert-OH is 1. The number of ether oxygens (including phenoxy) is 2. The van der Waals surface area contributed by atoms with Gasteiger partial charge in [0.1, 0.15) is 24.7 Å². The molecule has 0 bridgehead atoms. The minimum absolute atomic E-state index is 0.127. The molecule has 0 fully saturated rings. The van der Waals surface area contributed by atoms with E-state index < -0.39 is 6.10 Å². The smallest absolute Gasteiger partial charge is 0.119 e. The SMILES string of the molecule is C/C=C(\CC)COc1ccc(C(C)(C)c2ccc(OCC(O)CC)cc2)cc1. The second-order valence-corrected chi connectivity index (χ2v) is 7.64. The summed E-state index contributed by atoms with van der Waals surface area (Å²) in [4.78, 5) is 0. The van der Waals surface area contributed by atoms with Gasteiger partial charge in [-0.15, -0.1) is 0 Å². The molecule has 3 heteroatoms. The lowest BCUT2D eigenvalue weighted by atomic mass is 9.78. The van der Waals surface area contributed by atoms with Crippen LogP contribution in [0.25, 0.3) is 0 Å². The summed E-state index contributed by atoms with van der Waals surface area (Å²) in [5.41, 5.74) is 3.62. The molecule has 0 heterocycles. The molecule has 152 valence electrons. The van der Waals surface area contributed by atoms with Crippen molar-refractivity contribution >= 4 is 0 Å². The molecule has 0 saturated carbocycles. The number of rotatable bonds is 10. The Hall–Kier alpha value is -2.26. The molecule has 1 atom stereocenters. The van der Waals surface area contributed by atoms with Crippen LogP contribution < -0.4 is 9.47 Å². The van der Waals surface area contributed by atoms with Crippen molar-refractivity contribution in [1.29, 1.82) is 0 Å². The van der Waals surface area contributed by atoms with Crippen molar-refractivity contribution in [2.75, 3.05) is 13.2 Å². The Balaban J connectivity index is 2.05. The first kappa shape index (κ1) is 22.0. The molecule has 2 aromatic carbocycles. The lowest BCUT2D eigenvalue weighted by Gasteiger charge is -2.26. The zero-order chi connectivity index (χ0) is 20.6. The predicted octanol–water partition coefficient (Wildman–Crippen LogP) is 5.90. The molecule has 0 amide bonds. The van der Waals surface area contributed by atoms with Gasteiger partial charge >= 0.3 is 0 Å². The van der Waals surface area contributed by atoms with Crippen LogP contribution in [0.1, 0.15) is 58.6 Å². The number of aliphatic hydroxyl groups is 1. The van der Waals surface area contributed by atoms with Crippen LogP contribution in [0.2, 0.25) is 0 Å². The molecule has 2 rings (SSSR count). The van der Waals surface area contributed by atoms with Gasteiger partial charge in [-0.1, -0.05) is 58.0 Å². The summed E-state index contributed by atoms with van der Waals surface area (Å²) in [6, 6.07) is 16.5. The lowest BCUT2D eigenvalue weighted by molar-refractivity contribution is 0.104. The van der Waals surface area contributed by atoms with E-state index in [1.165, 1.54) is 16.7 Å². The lowest BCUT2D eigenvalue weighted by Crippen LogP contribution is -2.19. The van der Waals surface area contributed by atoms with Gasteiger partial charge in [-0.05, 0) is 60.7 Å². The summed E-state index contributed by atoms with van der Waals surface area (Å²) in [5, 5.41) is 9.63. The van der Waals surface area contributed by atoms with Crippen LogP contribution in [0.3, 0.4) is 0 Å². The topological polar surface area (TPSA) is 38.7 Å². The maximum atomic E-state index is 9.63. The molecule has 1 N–H and O–H groups in total. The fourth-order valence-electron chi connectivity index (χ4n) is 2.98. The quantitative estimate of drug-likeness (QED) is 0.520. The third kappa shape index (κ3) is 5.87. The molecule has 28 heavy (non-hydrogen) atoms. The third-order valence-corrected chi connectivity index (χ3v) is 5.35. The van der Waals surface area contributed by atoms with E-state index in [2.05, 4.69) is 58.0 Å². The highest BCUT2D eigenvalue weighted by atomic mass is 16.5. The first-order valence-corrected chi connectivity index (χ1v) is 10.2. The second kappa shape index (κ2) is 10.3. The average molecular weight is 383 g/mol. The third-order valence-electron chi connectivity index (χ3n) is 5.35. The van der Waals surface area contributed by atoms with Crippen LogP contribution in [0.15, 0.2) is 60.2 Å². The van der Waals surface area contributed by atoms with Crippen molar-refractivity contribution in [2.45, 2.75) is 59.0 Å². The molecule has 2 aromatic rings. The molecule has 0 saturated heterocycles. The zero-order valence-corrected chi connectivity index (χ0v) is 17.9. The molecular weight excluding hydrogens is 348 g/mol. The van der Waals surface area contributed by atoms with Gasteiger partial charge in [0.25, 0.3) is 0 Å². The number of hydrogen-bond donors (Lipinski definition) is 1. The number of benzene rings is 2. The van der Waals surface area contributed by atoms with Crippen molar-refractivity contribution in [3.63, 3.8) is 0 Å². The van der Waals surface area contributed by atoms with Crippen molar-refractivity contribution in [3.8, 4) is 11.5 Å². The molecule has 0 aliphatic carbocycles. The average Bonchev–Trinajstić information content (AvgIpc) is 2.73. The van der Waals surface area contributed by atoms with Crippen LogP contribution in [-0.2, 0) is 5.41 Å². The number of hydrogen-bond acceptors (Lipinski definition) is 3. The van der Waals surface area contributed by atoms with Crippen LogP contribution >= 0.6 is 0 Å². The van der Waals surface area contributed by atoms with Gasteiger partial charge in [-0.25, -0.2) is 0 Å². The highest BCUT2D eigenvalue weighted by molar-refractivity contribution is 5.41. The summed E-state index contributed by atoms with van der Waals surface area (Å²) in [6.07, 6.45) is 3.41. The summed E-state index contributed by atoms with van der Waals surface area (Å²) >= 11 is 0. The van der Waals surface area contributed by atoms with Gasteiger partial charge in [-0.3, -0.25) is 0 Å². The summed E-state index contributed by atoms with van der Waals surface area (Å²) in [5.74, 6) is 1.68. The molecule has 1 unspecified atom stereocenters. The minimum atomic E-state index is -0.418. The molecular formula is C25H34O3. The fraction of sp³-hybridized carbons (Fsp3) is 0.440. The van der Waals surface area contributed by atoms with Gasteiger partial charge in [0, 0.05) is 5.41 Å². The normalized spacial score (nSPS) is 13.3. The fourth-order valence-corrected chi connectivity index (χ4v) is 2.98. The second-order valence-electron chi connectivity index (χ2n) is 7.64. The van der Waals surface area contributed by atoms with Crippen molar-refractivity contribution in [3.05, 3.63) is 71.3 Å². The Bertz CT molecular complexity index is 742. The van der Waals surface area contributed by atoms with E-state index >= 15 is 0 Å². The molecule has 0 aliphatic rings. The van der Waals surface area contributed by atoms with E-state index in [1.54, 1.807) is 0 Å². The van der Waals surface area contributed by atoms with Gasteiger partial charge in [0.15, 0.2) is 0 Å². The highest BCUT2D eigenvalue weighted by Gasteiger charge is 2.23.